The molecule has 5 rings (SSSR count). The SMILES string of the molecule is C=CCc1cc(C=Nn2c(-c3cc(C(C)C)c(OCC)cc3C)nc3ccccc3c2=O)cc(OCC)c1OCC(=O)Nc1ccccc1F. The number of rotatable bonds is 14. The summed E-state index contributed by atoms with van der Waals surface area (Å²) in [5, 5.41) is 7.66. The third kappa shape index (κ3) is 7.92. The minimum atomic E-state index is -0.547. The number of nitrogens with one attached hydrogen (secondary N) is 1. The zero-order chi connectivity index (χ0) is 35.8. The first-order chi connectivity index (χ1) is 24.1. The van der Waals surface area contributed by atoms with E-state index in [-0.39, 0.29) is 23.8 Å². The number of hydrogen-bond donors (Lipinski definition) is 1. The predicted molar refractivity (Wildman–Crippen MR) is 196 cm³/mol. The number of fused-ring (bicyclic) bond motifs is 1. The van der Waals surface area contributed by atoms with E-state index in [1.54, 1.807) is 42.6 Å². The van der Waals surface area contributed by atoms with Gasteiger partial charge in [0.15, 0.2) is 23.9 Å². The van der Waals surface area contributed by atoms with Gasteiger partial charge in [-0.3, -0.25) is 9.59 Å². The smallest absolute Gasteiger partial charge is 0.282 e. The first-order valence-corrected chi connectivity index (χ1v) is 16.6. The number of ether oxygens (including phenoxy) is 3. The molecule has 0 unspecified atom stereocenters. The summed E-state index contributed by atoms with van der Waals surface area (Å²) in [5.74, 6) is 0.995. The van der Waals surface area contributed by atoms with Crippen LogP contribution in [0.2, 0.25) is 0 Å². The van der Waals surface area contributed by atoms with E-state index < -0.39 is 11.7 Å². The van der Waals surface area contributed by atoms with Gasteiger partial charge in [0.1, 0.15) is 11.6 Å². The Morgan fingerprint density at radius 3 is 2.44 bits per heavy atom. The summed E-state index contributed by atoms with van der Waals surface area (Å²) in [5.41, 5.74) is 4.24. The largest absolute Gasteiger partial charge is 0.494 e. The Morgan fingerprint density at radius 2 is 1.72 bits per heavy atom. The molecule has 5 aromatic rings. The number of aromatic nitrogens is 2. The Kier molecular flexibility index (Phi) is 11.4. The highest BCUT2D eigenvalue weighted by molar-refractivity contribution is 5.92. The molecule has 4 aromatic carbocycles. The van der Waals surface area contributed by atoms with Gasteiger partial charge in [-0.15, -0.1) is 6.58 Å². The zero-order valence-corrected chi connectivity index (χ0v) is 29.0. The minimum absolute atomic E-state index is 0.0580. The summed E-state index contributed by atoms with van der Waals surface area (Å²) in [6.45, 7) is 14.3. The lowest BCUT2D eigenvalue weighted by atomic mass is 9.96. The topological polar surface area (TPSA) is 104 Å². The standard InChI is InChI=1S/C40H41FN4O5/c1-7-14-28-20-27(21-36(49-9-3)38(28)50-24-37(46)43-34-18-13-11-16-32(34)41)23-42-45-39(44-33-17-12-10-15-29(33)40(45)47)31-22-30(25(4)5)35(48-8-2)19-26(31)6/h7,10-13,15-23,25H,1,8-9,14,24H2,2-6H3,(H,43,46). The van der Waals surface area contributed by atoms with Crippen molar-refractivity contribution in [1.82, 2.24) is 9.66 Å². The van der Waals surface area contributed by atoms with Crippen LogP contribution in [0.5, 0.6) is 17.2 Å². The molecule has 9 nitrogen and oxygen atoms in total. The number of para-hydroxylation sites is 2. The average Bonchev–Trinajstić information content (AvgIpc) is 3.09. The highest BCUT2D eigenvalue weighted by Crippen LogP contribution is 2.35. The Balaban J connectivity index is 1.57. The number of amides is 1. The highest BCUT2D eigenvalue weighted by Gasteiger charge is 2.20. The number of aryl methyl sites for hydroxylation is 1. The van der Waals surface area contributed by atoms with Gasteiger partial charge in [0.25, 0.3) is 11.5 Å². The van der Waals surface area contributed by atoms with Crippen LogP contribution in [0.15, 0.2) is 95.3 Å². The van der Waals surface area contributed by atoms with Gasteiger partial charge < -0.3 is 19.5 Å². The third-order valence-electron chi connectivity index (χ3n) is 7.91. The van der Waals surface area contributed by atoms with Crippen molar-refractivity contribution in [3.8, 4) is 28.6 Å². The maximum absolute atomic E-state index is 14.1. The molecule has 0 aliphatic carbocycles. The molecule has 0 radical (unpaired) electrons. The summed E-state index contributed by atoms with van der Waals surface area (Å²) in [4.78, 5) is 31.6. The van der Waals surface area contributed by atoms with Crippen molar-refractivity contribution in [2.75, 3.05) is 25.1 Å². The monoisotopic (exact) mass is 676 g/mol. The van der Waals surface area contributed by atoms with E-state index in [0.717, 1.165) is 22.4 Å². The molecule has 0 spiro atoms. The Hall–Kier alpha value is -5.77. The third-order valence-corrected chi connectivity index (χ3v) is 7.91. The van der Waals surface area contributed by atoms with E-state index in [9.17, 15) is 14.0 Å². The average molecular weight is 677 g/mol. The van der Waals surface area contributed by atoms with E-state index in [2.05, 4.69) is 25.7 Å². The zero-order valence-electron chi connectivity index (χ0n) is 29.0. The van der Waals surface area contributed by atoms with Crippen molar-refractivity contribution < 1.29 is 23.4 Å². The number of nitrogens with zero attached hydrogens (tertiary/aromatic N) is 3. The fourth-order valence-electron chi connectivity index (χ4n) is 5.58. The van der Waals surface area contributed by atoms with Crippen LogP contribution in [-0.2, 0) is 11.2 Å². The normalized spacial score (nSPS) is 11.3. The molecule has 50 heavy (non-hydrogen) atoms. The Morgan fingerprint density at radius 1 is 1.00 bits per heavy atom. The molecular weight excluding hydrogens is 635 g/mol. The number of halogens is 1. The molecule has 0 fully saturated rings. The van der Waals surface area contributed by atoms with Crippen molar-refractivity contribution in [3.05, 3.63) is 124 Å². The lowest BCUT2D eigenvalue weighted by Crippen LogP contribution is -2.21. The molecule has 1 heterocycles. The summed E-state index contributed by atoms with van der Waals surface area (Å²) < 4.78 is 33.2. The molecule has 0 bridgehead atoms. The van der Waals surface area contributed by atoms with Gasteiger partial charge >= 0.3 is 0 Å². The molecule has 0 atom stereocenters. The molecule has 0 saturated carbocycles. The van der Waals surface area contributed by atoms with E-state index >= 15 is 0 Å². The van der Waals surface area contributed by atoms with E-state index in [0.29, 0.717) is 59.0 Å². The van der Waals surface area contributed by atoms with Crippen LogP contribution < -0.4 is 25.1 Å². The maximum Gasteiger partial charge on any atom is 0.282 e. The van der Waals surface area contributed by atoms with E-state index in [4.69, 9.17) is 24.3 Å². The van der Waals surface area contributed by atoms with Crippen LogP contribution >= 0.6 is 0 Å². The molecular formula is C40H41FN4O5. The van der Waals surface area contributed by atoms with Crippen LogP contribution in [0.4, 0.5) is 10.1 Å². The van der Waals surface area contributed by atoms with Gasteiger partial charge in [0.05, 0.1) is 36.0 Å². The first kappa shape index (κ1) is 35.5. The van der Waals surface area contributed by atoms with E-state index in [1.807, 2.05) is 51.1 Å². The maximum atomic E-state index is 14.1. The second-order valence-electron chi connectivity index (χ2n) is 11.9. The Bertz CT molecular complexity index is 2120. The molecule has 1 amide bonds. The molecule has 0 saturated heterocycles. The second kappa shape index (κ2) is 16.1. The van der Waals surface area contributed by atoms with E-state index in [1.165, 1.54) is 16.8 Å². The molecule has 10 heteroatoms. The van der Waals surface area contributed by atoms with Gasteiger partial charge in [0.2, 0.25) is 0 Å². The number of allylic oxidation sites excluding steroid dienone is 1. The molecule has 258 valence electrons. The van der Waals surface area contributed by atoms with Crippen LogP contribution in [0.25, 0.3) is 22.3 Å². The molecule has 0 aliphatic rings. The van der Waals surface area contributed by atoms with Crippen LogP contribution in [0.1, 0.15) is 55.9 Å². The highest BCUT2D eigenvalue weighted by atomic mass is 19.1. The van der Waals surface area contributed by atoms with Crippen LogP contribution in [0.3, 0.4) is 0 Å². The predicted octanol–water partition coefficient (Wildman–Crippen LogP) is 8.06. The quantitative estimate of drug-likeness (QED) is 0.0943. The van der Waals surface area contributed by atoms with Crippen molar-refractivity contribution in [1.29, 1.82) is 0 Å². The molecule has 1 N–H and O–H groups in total. The lowest BCUT2D eigenvalue weighted by Gasteiger charge is -2.18. The summed E-state index contributed by atoms with van der Waals surface area (Å²) in [6.07, 6.45) is 3.66. The second-order valence-corrected chi connectivity index (χ2v) is 11.9. The molecule has 1 aromatic heterocycles. The van der Waals surface area contributed by atoms with Crippen molar-refractivity contribution in [3.63, 3.8) is 0 Å². The van der Waals surface area contributed by atoms with Gasteiger partial charge in [-0.25, -0.2) is 9.37 Å². The fourth-order valence-corrected chi connectivity index (χ4v) is 5.58. The number of hydrogen-bond acceptors (Lipinski definition) is 7. The fraction of sp³-hybridized carbons (Fsp3) is 0.250. The van der Waals surface area contributed by atoms with Gasteiger partial charge in [0, 0.05) is 11.1 Å². The number of benzene rings is 4. The summed E-state index contributed by atoms with van der Waals surface area (Å²) in [6, 6.07) is 20.6. The summed E-state index contributed by atoms with van der Waals surface area (Å²) in [7, 11) is 0. The lowest BCUT2D eigenvalue weighted by molar-refractivity contribution is -0.118. The minimum Gasteiger partial charge on any atom is -0.494 e. The van der Waals surface area contributed by atoms with Crippen molar-refractivity contribution >= 4 is 28.7 Å². The van der Waals surface area contributed by atoms with Gasteiger partial charge in [-0.2, -0.15) is 9.78 Å². The van der Waals surface area contributed by atoms with Crippen LogP contribution in [-0.4, -0.2) is 41.6 Å². The number of carbonyl (C=O) groups is 1. The number of carbonyl (C=O) groups excluding carboxylic acids is 1. The Labute approximate surface area is 291 Å². The van der Waals surface area contributed by atoms with Crippen LogP contribution in [0, 0.1) is 12.7 Å². The summed E-state index contributed by atoms with van der Waals surface area (Å²) >= 11 is 0. The van der Waals surface area contributed by atoms with Crippen molar-refractivity contribution in [2.45, 2.75) is 47.0 Å². The van der Waals surface area contributed by atoms with Crippen molar-refractivity contribution in [2.24, 2.45) is 5.10 Å². The van der Waals surface area contributed by atoms with Gasteiger partial charge in [-0.1, -0.05) is 44.2 Å². The van der Waals surface area contributed by atoms with Gasteiger partial charge in [-0.05, 0) is 98.3 Å². The number of anilines is 1. The first-order valence-electron chi connectivity index (χ1n) is 16.6. The molecule has 0 aliphatic heterocycles.